The van der Waals surface area contributed by atoms with Gasteiger partial charge in [-0.3, -0.25) is 0 Å². The topological polar surface area (TPSA) is 9.23 Å². The van der Waals surface area contributed by atoms with Crippen LogP contribution in [0.2, 0.25) is 0 Å². The molecule has 3 aromatic rings. The Hall–Kier alpha value is -2.94. The molecule has 0 atom stereocenters. The summed E-state index contributed by atoms with van der Waals surface area (Å²) in [5.41, 5.74) is 3.51. The van der Waals surface area contributed by atoms with Crippen molar-refractivity contribution in [1.82, 2.24) is 0 Å². The number of ether oxygens (including phenoxy) is 1. The summed E-state index contributed by atoms with van der Waals surface area (Å²) >= 11 is 0. The summed E-state index contributed by atoms with van der Waals surface area (Å²) in [6, 6.07) is 19.2. The summed E-state index contributed by atoms with van der Waals surface area (Å²) in [6.07, 6.45) is 13.4. The van der Waals surface area contributed by atoms with E-state index < -0.39 is 11.6 Å². The second-order valence-electron chi connectivity index (χ2n) is 10.1. The van der Waals surface area contributed by atoms with E-state index in [0.717, 1.165) is 35.8 Å². The van der Waals surface area contributed by atoms with Crippen LogP contribution in [0.4, 0.5) is 8.78 Å². The summed E-state index contributed by atoms with van der Waals surface area (Å²) in [6.45, 7) is 4.84. The molecule has 0 spiro atoms. The summed E-state index contributed by atoms with van der Waals surface area (Å²) in [4.78, 5) is 0. The quantitative estimate of drug-likeness (QED) is 0.258. The van der Waals surface area contributed by atoms with Crippen molar-refractivity contribution >= 4 is 0 Å². The Labute approximate surface area is 215 Å². The third-order valence-corrected chi connectivity index (χ3v) is 7.49. The molecule has 0 amide bonds. The molecule has 0 N–H and O–H groups in total. The van der Waals surface area contributed by atoms with Gasteiger partial charge in [0.05, 0.1) is 6.61 Å². The number of aryl methyl sites for hydroxylation is 1. The maximum atomic E-state index is 14.6. The molecule has 0 aromatic heterocycles. The van der Waals surface area contributed by atoms with Crippen molar-refractivity contribution in [2.75, 3.05) is 6.61 Å². The van der Waals surface area contributed by atoms with E-state index in [9.17, 15) is 8.78 Å². The van der Waals surface area contributed by atoms with Gasteiger partial charge >= 0.3 is 0 Å². The van der Waals surface area contributed by atoms with E-state index in [0.29, 0.717) is 29.0 Å². The van der Waals surface area contributed by atoms with Gasteiger partial charge in [-0.05, 0) is 85.3 Å². The zero-order valence-electron chi connectivity index (χ0n) is 21.6. The normalized spacial score (nSPS) is 18.0. The van der Waals surface area contributed by atoms with Crippen LogP contribution in [0.15, 0.2) is 72.8 Å². The first kappa shape index (κ1) is 26.1. The lowest BCUT2D eigenvalue weighted by Gasteiger charge is -2.28. The first-order valence-corrected chi connectivity index (χ1v) is 13.5. The number of hydrogen-bond donors (Lipinski definition) is 0. The van der Waals surface area contributed by atoms with Crippen LogP contribution in [0.3, 0.4) is 0 Å². The van der Waals surface area contributed by atoms with Crippen molar-refractivity contribution in [3.8, 4) is 28.0 Å². The number of halogens is 2. The van der Waals surface area contributed by atoms with Crippen LogP contribution < -0.4 is 4.74 Å². The largest absolute Gasteiger partial charge is 0.493 e. The Balaban J connectivity index is 1.31. The minimum atomic E-state index is -0.766. The van der Waals surface area contributed by atoms with Crippen LogP contribution in [0.5, 0.6) is 5.75 Å². The first-order chi connectivity index (χ1) is 17.6. The Kier molecular flexibility index (Phi) is 9.33. The molecule has 1 aliphatic carbocycles. The van der Waals surface area contributed by atoms with Gasteiger partial charge in [-0.25, -0.2) is 8.78 Å². The van der Waals surface area contributed by atoms with Gasteiger partial charge in [0, 0.05) is 5.56 Å². The SMILES string of the molecule is C/C=C/CCC1CCC(COc2ccc(-c3ccc(-c4ccc(CCC)c(F)c4F)cc3)cc2)CC1. The van der Waals surface area contributed by atoms with Crippen LogP contribution in [0, 0.1) is 23.5 Å². The smallest absolute Gasteiger partial charge is 0.166 e. The fraction of sp³-hybridized carbons (Fsp3) is 0.394. The monoisotopic (exact) mass is 488 g/mol. The minimum absolute atomic E-state index is 0.300. The number of rotatable bonds is 10. The van der Waals surface area contributed by atoms with Crippen LogP contribution in [0.1, 0.15) is 64.4 Å². The first-order valence-electron chi connectivity index (χ1n) is 13.5. The third-order valence-electron chi connectivity index (χ3n) is 7.49. The average Bonchev–Trinajstić information content (AvgIpc) is 2.92. The van der Waals surface area contributed by atoms with Gasteiger partial charge in [-0.2, -0.15) is 0 Å². The highest BCUT2D eigenvalue weighted by Gasteiger charge is 2.21. The van der Waals surface area contributed by atoms with Gasteiger partial charge in [0.2, 0.25) is 0 Å². The van der Waals surface area contributed by atoms with Crippen LogP contribution >= 0.6 is 0 Å². The molecular formula is C33H38F2O. The minimum Gasteiger partial charge on any atom is -0.493 e. The van der Waals surface area contributed by atoms with Crippen molar-refractivity contribution in [2.45, 2.75) is 65.2 Å². The molecule has 0 radical (unpaired) electrons. The Morgan fingerprint density at radius 3 is 2.03 bits per heavy atom. The van der Waals surface area contributed by atoms with Gasteiger partial charge in [-0.15, -0.1) is 0 Å². The summed E-state index contributed by atoms with van der Waals surface area (Å²) in [5.74, 6) is 0.926. The zero-order valence-corrected chi connectivity index (χ0v) is 21.6. The van der Waals surface area contributed by atoms with Gasteiger partial charge in [0.25, 0.3) is 0 Å². The molecule has 3 aromatic carbocycles. The molecule has 1 nitrogen and oxygen atoms in total. The molecule has 3 heteroatoms. The van der Waals surface area contributed by atoms with E-state index in [1.807, 2.05) is 43.3 Å². The molecular weight excluding hydrogens is 450 g/mol. The highest BCUT2D eigenvalue weighted by molar-refractivity contribution is 5.71. The molecule has 0 bridgehead atoms. The van der Waals surface area contributed by atoms with E-state index in [1.54, 1.807) is 12.1 Å². The van der Waals surface area contributed by atoms with Crippen molar-refractivity contribution in [1.29, 1.82) is 0 Å². The van der Waals surface area contributed by atoms with E-state index in [-0.39, 0.29) is 0 Å². The lowest BCUT2D eigenvalue weighted by molar-refractivity contribution is 0.179. The molecule has 1 aliphatic rings. The molecule has 0 saturated heterocycles. The standard InChI is InChI=1S/C33H38F2O/c1-3-5-6-8-24-9-11-25(12-10-24)23-36-30-20-17-27(18-21-30)26-13-15-28(16-14-26)31-22-19-29(7-4-2)32(34)33(31)35/h3,5,13-22,24-25H,4,6-12,23H2,1-2H3/b5-3+. The molecule has 36 heavy (non-hydrogen) atoms. The molecule has 0 unspecified atom stereocenters. The Morgan fingerprint density at radius 2 is 1.39 bits per heavy atom. The van der Waals surface area contributed by atoms with Crippen LogP contribution in [-0.2, 0) is 6.42 Å². The predicted octanol–water partition coefficient (Wildman–Crippen LogP) is 9.79. The van der Waals surface area contributed by atoms with Crippen LogP contribution in [-0.4, -0.2) is 6.61 Å². The second kappa shape index (κ2) is 12.9. The van der Waals surface area contributed by atoms with Gasteiger partial charge in [-0.1, -0.05) is 86.9 Å². The van der Waals surface area contributed by atoms with E-state index in [2.05, 4.69) is 31.2 Å². The van der Waals surface area contributed by atoms with E-state index >= 15 is 0 Å². The highest BCUT2D eigenvalue weighted by atomic mass is 19.2. The summed E-state index contributed by atoms with van der Waals surface area (Å²) in [5, 5.41) is 0. The predicted molar refractivity (Wildman–Crippen MR) is 146 cm³/mol. The van der Waals surface area contributed by atoms with Gasteiger partial charge in [0.1, 0.15) is 5.75 Å². The van der Waals surface area contributed by atoms with Crippen LogP contribution in [0.25, 0.3) is 22.3 Å². The third kappa shape index (κ3) is 6.63. The van der Waals surface area contributed by atoms with Crippen molar-refractivity contribution in [3.05, 3.63) is 90.0 Å². The molecule has 0 aliphatic heterocycles. The summed E-state index contributed by atoms with van der Waals surface area (Å²) < 4.78 is 35.1. The molecule has 1 fully saturated rings. The Morgan fingerprint density at radius 1 is 0.778 bits per heavy atom. The molecule has 190 valence electrons. The average molecular weight is 489 g/mol. The van der Waals surface area contributed by atoms with Gasteiger partial charge < -0.3 is 4.74 Å². The lowest BCUT2D eigenvalue weighted by atomic mass is 9.80. The maximum absolute atomic E-state index is 14.6. The zero-order chi connectivity index (χ0) is 25.3. The summed E-state index contributed by atoms with van der Waals surface area (Å²) in [7, 11) is 0. The second-order valence-corrected chi connectivity index (χ2v) is 10.1. The van der Waals surface area contributed by atoms with Crippen molar-refractivity contribution in [3.63, 3.8) is 0 Å². The van der Waals surface area contributed by atoms with Crippen molar-refractivity contribution in [2.24, 2.45) is 11.8 Å². The molecule has 4 rings (SSSR count). The highest BCUT2D eigenvalue weighted by Crippen LogP contribution is 2.33. The Bertz CT molecular complexity index is 1120. The van der Waals surface area contributed by atoms with E-state index in [4.69, 9.17) is 4.74 Å². The fourth-order valence-electron chi connectivity index (χ4n) is 5.26. The number of hydrogen-bond acceptors (Lipinski definition) is 1. The van der Waals surface area contributed by atoms with E-state index in [1.165, 1.54) is 38.5 Å². The number of benzene rings is 3. The maximum Gasteiger partial charge on any atom is 0.166 e. The molecule has 0 heterocycles. The lowest BCUT2D eigenvalue weighted by Crippen LogP contribution is -2.20. The fourth-order valence-corrected chi connectivity index (χ4v) is 5.26. The van der Waals surface area contributed by atoms with Gasteiger partial charge in [0.15, 0.2) is 11.6 Å². The molecule has 1 saturated carbocycles. The van der Waals surface area contributed by atoms with Crippen molar-refractivity contribution < 1.29 is 13.5 Å². The number of allylic oxidation sites excluding steroid dienone is 2.